The number of hydrogen-bond acceptors (Lipinski definition) is 15. The van der Waals surface area contributed by atoms with Crippen molar-refractivity contribution in [2.24, 2.45) is 10.6 Å². The second kappa shape index (κ2) is 12.7. The number of β-lactam (4-membered cyclic amide) rings is 1. The molecule has 20 heteroatoms. The van der Waals surface area contributed by atoms with Gasteiger partial charge in [0.05, 0.1) is 48.5 Å². The minimum Gasteiger partial charge on any atom is -0.543 e. The van der Waals surface area contributed by atoms with Crippen molar-refractivity contribution in [1.29, 1.82) is 0 Å². The number of hydrogen-bond donors (Lipinski definition) is 5. The number of aliphatic carboxylic acids is 2. The van der Waals surface area contributed by atoms with Crippen molar-refractivity contribution in [2.75, 3.05) is 31.9 Å². The van der Waals surface area contributed by atoms with E-state index in [1.165, 1.54) is 54.0 Å². The van der Waals surface area contributed by atoms with Crippen molar-refractivity contribution in [3.63, 3.8) is 0 Å². The lowest BCUT2D eigenvalue weighted by atomic mass is 9.84. The highest BCUT2D eigenvalue weighted by atomic mass is 32.2. The number of amides is 2. The number of rotatable bonds is 11. The fourth-order valence-electron chi connectivity index (χ4n) is 7.71. The van der Waals surface area contributed by atoms with Crippen LogP contribution >= 0.6 is 23.1 Å². The molecule has 3 atom stereocenters. The molecule has 2 amide bonds. The Morgan fingerprint density at radius 1 is 1.21 bits per heavy atom. The van der Waals surface area contributed by atoms with Crippen molar-refractivity contribution in [1.82, 2.24) is 24.8 Å². The number of quaternary nitrogens is 1. The standard InChI is InChI=1S/C33H36N8O10S2/c1-15-17(10-41-6-4-33(13-41,5-7-41)12-39-14-35-18-9-21(43)20(42)8-16(18)26(39)45)24(29(47)48)40-27(46)23(28(40)53-15)37-25(44)22(19-11-52-31(34)36-19)38-51-32(2,3)30(49)50/h8-9,11,14-15,23,28H,4-7,10,12-13H2,1-3H3,(H6-,34,36,37,38,42,43,44,45,47,48,49,50)/t15-,23+,28+,33?,41?/m0/s1. The Kier molecular flexibility index (Phi) is 8.68. The third kappa shape index (κ3) is 6.23. The van der Waals surface area contributed by atoms with Gasteiger partial charge in [0.1, 0.15) is 23.7 Å². The van der Waals surface area contributed by atoms with Crippen LogP contribution in [0.3, 0.4) is 0 Å². The summed E-state index contributed by atoms with van der Waals surface area (Å²) in [6, 6.07) is 1.30. The highest BCUT2D eigenvalue weighted by molar-refractivity contribution is 8.00. The summed E-state index contributed by atoms with van der Waals surface area (Å²) in [6.07, 6.45) is 2.98. The summed E-state index contributed by atoms with van der Waals surface area (Å²) in [5, 5.41) is 48.9. The van der Waals surface area contributed by atoms with Gasteiger partial charge in [-0.25, -0.2) is 14.8 Å². The molecule has 3 aromatic rings. The van der Waals surface area contributed by atoms with Crippen LogP contribution in [-0.4, -0.2) is 117 Å². The molecule has 6 heterocycles. The summed E-state index contributed by atoms with van der Waals surface area (Å²) in [6.45, 7) is 7.17. The molecule has 0 unspecified atom stereocenters. The van der Waals surface area contributed by atoms with E-state index in [1.54, 1.807) is 0 Å². The second-order valence-electron chi connectivity index (χ2n) is 14.5. The number of phenolic OH excluding ortho intramolecular Hbond substituents is 2. The van der Waals surface area contributed by atoms with E-state index >= 15 is 0 Å². The lowest BCUT2D eigenvalue weighted by Crippen LogP contribution is -2.72. The maximum atomic E-state index is 13.6. The number of nitrogens with one attached hydrogen (secondary N) is 1. The van der Waals surface area contributed by atoms with E-state index in [0.29, 0.717) is 29.7 Å². The van der Waals surface area contributed by atoms with Crippen LogP contribution in [0.4, 0.5) is 5.13 Å². The molecule has 4 aliphatic rings. The average molecular weight is 769 g/mol. The van der Waals surface area contributed by atoms with Gasteiger partial charge in [0, 0.05) is 47.1 Å². The number of phenols is 2. The molecule has 0 saturated carbocycles. The lowest BCUT2D eigenvalue weighted by molar-refractivity contribution is -0.905. The number of fused-ring (bicyclic) bond motifs is 4. The zero-order chi connectivity index (χ0) is 38.2. The van der Waals surface area contributed by atoms with Gasteiger partial charge in [0.25, 0.3) is 17.4 Å². The Balaban J connectivity index is 1.09. The zero-order valence-electron chi connectivity index (χ0n) is 28.8. The molecular weight excluding hydrogens is 733 g/mol. The number of anilines is 1. The van der Waals surface area contributed by atoms with Gasteiger partial charge in [-0.05, 0) is 26.8 Å². The molecule has 280 valence electrons. The zero-order valence-corrected chi connectivity index (χ0v) is 30.4. The maximum Gasteiger partial charge on any atom is 0.350 e. The SMILES string of the molecule is C[C@@H]1S[C@@H]2[C@H](NC(=O)C(=NOC(C)(C)C(=O)O)c3csc(N)n3)C(=O)N2C(C(=O)[O-])=C1C[N+]12CCC(Cn3cnc4cc(O)c(O)cc4c3=O)(CC1)C2. The fourth-order valence-corrected chi connectivity index (χ4v) is 9.70. The number of aromatic nitrogens is 3. The minimum atomic E-state index is -1.80. The Morgan fingerprint density at radius 3 is 2.55 bits per heavy atom. The van der Waals surface area contributed by atoms with Crippen LogP contribution in [0.2, 0.25) is 0 Å². The van der Waals surface area contributed by atoms with E-state index in [0.717, 1.165) is 42.2 Å². The van der Waals surface area contributed by atoms with Gasteiger partial charge in [-0.2, -0.15) is 0 Å². The van der Waals surface area contributed by atoms with Gasteiger partial charge in [-0.3, -0.25) is 23.9 Å². The molecule has 1 aromatic carbocycles. The number of carbonyl (C=O) groups is 4. The first-order chi connectivity index (χ1) is 24.9. The van der Waals surface area contributed by atoms with Gasteiger partial charge < -0.3 is 45.6 Å². The Bertz CT molecular complexity index is 2210. The van der Waals surface area contributed by atoms with Crippen LogP contribution < -0.4 is 21.7 Å². The average Bonchev–Trinajstić information content (AvgIpc) is 3.80. The first-order valence-electron chi connectivity index (χ1n) is 16.6. The molecule has 2 bridgehead atoms. The smallest absolute Gasteiger partial charge is 0.350 e. The topological polar surface area (TPSA) is 263 Å². The number of aromatic hydroxyl groups is 2. The summed E-state index contributed by atoms with van der Waals surface area (Å²) >= 11 is 2.33. The molecule has 7 rings (SSSR count). The van der Waals surface area contributed by atoms with Crippen molar-refractivity contribution in [2.45, 2.75) is 62.4 Å². The minimum absolute atomic E-state index is 0.000318. The third-order valence-corrected chi connectivity index (χ3v) is 12.7. The first kappa shape index (κ1) is 36.2. The molecular formula is C33H36N8O10S2. The van der Waals surface area contributed by atoms with Crippen LogP contribution in [-0.2, 0) is 30.6 Å². The Hall–Kier alpha value is -5.21. The van der Waals surface area contributed by atoms with Gasteiger partial charge >= 0.3 is 5.97 Å². The lowest BCUT2D eigenvalue weighted by Gasteiger charge is -2.52. The number of oxime groups is 1. The molecule has 2 aromatic heterocycles. The molecule has 6 N–H and O–H groups in total. The van der Waals surface area contributed by atoms with Gasteiger partial charge in [0.15, 0.2) is 22.3 Å². The van der Waals surface area contributed by atoms with Crippen LogP contribution in [0.5, 0.6) is 11.5 Å². The number of piperidine rings is 1. The monoisotopic (exact) mass is 768 g/mol. The predicted octanol–water partition coefficient (Wildman–Crippen LogP) is -0.466. The highest BCUT2D eigenvalue weighted by Gasteiger charge is 2.59. The van der Waals surface area contributed by atoms with E-state index in [4.69, 9.17) is 10.6 Å². The van der Waals surface area contributed by atoms with Crippen LogP contribution in [0.25, 0.3) is 10.9 Å². The van der Waals surface area contributed by atoms with Crippen molar-refractivity contribution in [3.8, 4) is 11.5 Å². The summed E-state index contributed by atoms with van der Waals surface area (Å²) in [7, 11) is 0. The van der Waals surface area contributed by atoms with E-state index < -0.39 is 52.2 Å². The third-order valence-electron chi connectivity index (χ3n) is 10.6. The predicted molar refractivity (Wildman–Crippen MR) is 188 cm³/mol. The molecule has 0 aliphatic carbocycles. The number of thiazole rings is 1. The normalized spacial score (nSPS) is 26.8. The van der Waals surface area contributed by atoms with Crippen molar-refractivity contribution in [3.05, 3.63) is 51.2 Å². The number of nitrogen functional groups attached to an aromatic ring is 1. The number of thioether (sulfide) groups is 1. The quantitative estimate of drug-likeness (QED) is 0.0544. The summed E-state index contributed by atoms with van der Waals surface area (Å²) in [5.41, 5.74) is 3.52. The number of nitrogens with two attached hydrogens (primary N) is 1. The summed E-state index contributed by atoms with van der Waals surface area (Å²) < 4.78 is 2.09. The molecule has 0 spiro atoms. The van der Waals surface area contributed by atoms with E-state index in [1.807, 2.05) is 6.92 Å². The Morgan fingerprint density at radius 2 is 1.91 bits per heavy atom. The summed E-state index contributed by atoms with van der Waals surface area (Å²) in [5.74, 6) is -5.19. The van der Waals surface area contributed by atoms with E-state index in [2.05, 4.69) is 20.4 Å². The molecule has 53 heavy (non-hydrogen) atoms. The van der Waals surface area contributed by atoms with E-state index in [-0.39, 0.29) is 49.4 Å². The molecule has 3 fully saturated rings. The number of carboxylic acid groups (broad SMARTS) is 2. The van der Waals surface area contributed by atoms with Gasteiger partial charge in [-0.15, -0.1) is 23.1 Å². The molecule has 4 aliphatic heterocycles. The van der Waals surface area contributed by atoms with Crippen LogP contribution in [0.15, 0.2) is 45.1 Å². The summed E-state index contributed by atoms with van der Waals surface area (Å²) in [4.78, 5) is 79.4. The van der Waals surface area contributed by atoms with E-state index in [9.17, 15) is 44.4 Å². The number of carbonyl (C=O) groups excluding carboxylic acids is 3. The van der Waals surface area contributed by atoms with Gasteiger partial charge in [0.2, 0.25) is 5.60 Å². The fraction of sp³-hybridized carbons (Fsp3) is 0.455. The molecule has 3 saturated heterocycles. The maximum absolute atomic E-state index is 13.6. The largest absolute Gasteiger partial charge is 0.543 e. The van der Waals surface area contributed by atoms with Crippen LogP contribution in [0, 0.1) is 5.41 Å². The highest BCUT2D eigenvalue weighted by Crippen LogP contribution is 2.50. The van der Waals surface area contributed by atoms with Crippen LogP contribution in [0.1, 0.15) is 39.3 Å². The van der Waals surface area contributed by atoms with Crippen molar-refractivity contribution >= 4 is 68.6 Å². The number of nitrogens with zero attached hydrogens (tertiary/aromatic N) is 6. The molecule has 0 radical (unpaired) electrons. The number of carboxylic acids is 2. The second-order valence-corrected chi connectivity index (χ2v) is 16.9. The Labute approximate surface area is 309 Å². The molecule has 18 nitrogen and oxygen atoms in total. The van der Waals surface area contributed by atoms with Crippen molar-refractivity contribution < 1.29 is 48.9 Å². The first-order valence-corrected chi connectivity index (χ1v) is 18.5. The number of benzene rings is 1. The van der Waals surface area contributed by atoms with Gasteiger partial charge in [-0.1, -0.05) is 5.16 Å².